The highest BCUT2D eigenvalue weighted by molar-refractivity contribution is 4.65. The van der Waals surface area contributed by atoms with Crippen LogP contribution < -0.4 is 11.0 Å². The Kier molecular flexibility index (Phi) is 3.70. The minimum atomic E-state index is -0.0449. The van der Waals surface area contributed by atoms with Gasteiger partial charge in [-0.2, -0.15) is 5.10 Å². The number of hydrogen-bond acceptors (Lipinski definition) is 3. The molecular formula is C8H16N4O. The molecule has 5 nitrogen and oxygen atoms in total. The average Bonchev–Trinajstić information content (AvgIpc) is 2.43. The molecule has 0 aliphatic rings. The van der Waals surface area contributed by atoms with Crippen molar-refractivity contribution in [1.82, 2.24) is 19.7 Å². The predicted molar refractivity (Wildman–Crippen MR) is 50.6 cm³/mol. The van der Waals surface area contributed by atoms with Crippen LogP contribution in [0.2, 0.25) is 0 Å². The zero-order valence-electron chi connectivity index (χ0n) is 8.16. The van der Waals surface area contributed by atoms with Crippen LogP contribution >= 0.6 is 0 Å². The number of nitrogens with zero attached hydrogens (tertiary/aromatic N) is 3. The SMILES string of the molecule is CCNCCCn1ncn(C)c1=O. The normalized spacial score (nSPS) is 10.6. The van der Waals surface area contributed by atoms with E-state index in [-0.39, 0.29) is 5.69 Å². The van der Waals surface area contributed by atoms with Gasteiger partial charge in [0.2, 0.25) is 0 Å². The molecule has 1 rings (SSSR count). The van der Waals surface area contributed by atoms with Gasteiger partial charge in [0.1, 0.15) is 6.33 Å². The Morgan fingerprint density at radius 3 is 2.92 bits per heavy atom. The first kappa shape index (κ1) is 9.98. The van der Waals surface area contributed by atoms with Crippen LogP contribution in [-0.2, 0) is 13.6 Å². The quantitative estimate of drug-likeness (QED) is 0.632. The molecule has 0 aromatic carbocycles. The smallest absolute Gasteiger partial charge is 0.317 e. The summed E-state index contributed by atoms with van der Waals surface area (Å²) < 4.78 is 2.96. The van der Waals surface area contributed by atoms with E-state index in [1.807, 2.05) is 0 Å². The zero-order chi connectivity index (χ0) is 9.68. The Morgan fingerprint density at radius 2 is 2.38 bits per heavy atom. The Morgan fingerprint density at radius 1 is 1.62 bits per heavy atom. The Bertz CT molecular complexity index is 301. The summed E-state index contributed by atoms with van der Waals surface area (Å²) in [7, 11) is 1.70. The molecule has 0 atom stereocenters. The molecule has 0 bridgehead atoms. The molecule has 0 aliphatic heterocycles. The van der Waals surface area contributed by atoms with E-state index < -0.39 is 0 Å². The fourth-order valence-corrected chi connectivity index (χ4v) is 1.10. The van der Waals surface area contributed by atoms with Crippen LogP contribution in [0.4, 0.5) is 0 Å². The van der Waals surface area contributed by atoms with E-state index in [0.717, 1.165) is 19.5 Å². The van der Waals surface area contributed by atoms with Gasteiger partial charge in [0.15, 0.2) is 0 Å². The number of hydrogen-bond donors (Lipinski definition) is 1. The van der Waals surface area contributed by atoms with E-state index in [4.69, 9.17) is 0 Å². The molecule has 1 heterocycles. The summed E-state index contributed by atoms with van der Waals surface area (Å²) in [5, 5.41) is 7.15. The van der Waals surface area contributed by atoms with Gasteiger partial charge in [-0.25, -0.2) is 9.48 Å². The van der Waals surface area contributed by atoms with E-state index in [1.165, 1.54) is 15.6 Å². The first-order valence-corrected chi connectivity index (χ1v) is 4.55. The number of aryl methyl sites for hydroxylation is 2. The second kappa shape index (κ2) is 4.81. The third kappa shape index (κ3) is 2.69. The van der Waals surface area contributed by atoms with Crippen LogP contribution in [0.1, 0.15) is 13.3 Å². The lowest BCUT2D eigenvalue weighted by atomic mass is 10.4. The van der Waals surface area contributed by atoms with Crippen molar-refractivity contribution in [2.24, 2.45) is 7.05 Å². The molecule has 5 heteroatoms. The monoisotopic (exact) mass is 184 g/mol. The minimum Gasteiger partial charge on any atom is -0.317 e. The van der Waals surface area contributed by atoms with E-state index >= 15 is 0 Å². The molecule has 0 aliphatic carbocycles. The van der Waals surface area contributed by atoms with Crippen molar-refractivity contribution in [2.45, 2.75) is 19.9 Å². The molecule has 0 saturated heterocycles. The third-order valence-corrected chi connectivity index (χ3v) is 1.86. The van der Waals surface area contributed by atoms with Crippen molar-refractivity contribution in [3.05, 3.63) is 16.8 Å². The van der Waals surface area contributed by atoms with Crippen molar-refractivity contribution >= 4 is 0 Å². The van der Waals surface area contributed by atoms with Gasteiger partial charge in [-0.3, -0.25) is 4.57 Å². The number of rotatable bonds is 5. The van der Waals surface area contributed by atoms with E-state index in [1.54, 1.807) is 7.05 Å². The number of aromatic nitrogens is 3. The molecule has 74 valence electrons. The van der Waals surface area contributed by atoms with Gasteiger partial charge >= 0.3 is 5.69 Å². The van der Waals surface area contributed by atoms with Gasteiger partial charge in [-0.1, -0.05) is 6.92 Å². The Balaban J connectivity index is 2.37. The lowest BCUT2D eigenvalue weighted by Crippen LogP contribution is -2.25. The van der Waals surface area contributed by atoms with Crippen molar-refractivity contribution in [2.75, 3.05) is 13.1 Å². The summed E-state index contributed by atoms with van der Waals surface area (Å²) in [6.45, 7) is 4.65. The van der Waals surface area contributed by atoms with E-state index in [0.29, 0.717) is 6.54 Å². The fraction of sp³-hybridized carbons (Fsp3) is 0.750. The highest BCUT2D eigenvalue weighted by Gasteiger charge is 1.99. The summed E-state index contributed by atoms with van der Waals surface area (Å²) in [5.41, 5.74) is -0.0449. The first-order chi connectivity index (χ1) is 6.25. The van der Waals surface area contributed by atoms with Crippen LogP contribution in [0.15, 0.2) is 11.1 Å². The number of nitrogens with one attached hydrogen (secondary N) is 1. The maximum atomic E-state index is 11.3. The molecular weight excluding hydrogens is 168 g/mol. The van der Waals surface area contributed by atoms with Crippen molar-refractivity contribution in [3.8, 4) is 0 Å². The van der Waals surface area contributed by atoms with Gasteiger partial charge in [-0.15, -0.1) is 0 Å². The zero-order valence-corrected chi connectivity index (χ0v) is 8.16. The predicted octanol–water partition coefficient (Wildman–Crippen LogP) is -0.419. The van der Waals surface area contributed by atoms with Crippen LogP contribution in [-0.4, -0.2) is 27.4 Å². The molecule has 1 N–H and O–H groups in total. The second-order valence-electron chi connectivity index (χ2n) is 2.95. The minimum absolute atomic E-state index is 0.0449. The molecule has 0 saturated carbocycles. The standard InChI is InChI=1S/C8H16N4O/c1-3-9-5-4-6-12-8(13)11(2)7-10-12/h7,9H,3-6H2,1-2H3. The van der Waals surface area contributed by atoms with Crippen LogP contribution in [0.3, 0.4) is 0 Å². The van der Waals surface area contributed by atoms with Crippen LogP contribution in [0.25, 0.3) is 0 Å². The third-order valence-electron chi connectivity index (χ3n) is 1.86. The molecule has 1 aromatic rings. The van der Waals surface area contributed by atoms with Gasteiger partial charge < -0.3 is 5.32 Å². The molecule has 0 radical (unpaired) electrons. The van der Waals surface area contributed by atoms with E-state index in [2.05, 4.69) is 17.3 Å². The topological polar surface area (TPSA) is 51.9 Å². The fourth-order valence-electron chi connectivity index (χ4n) is 1.10. The Labute approximate surface area is 77.4 Å². The van der Waals surface area contributed by atoms with Crippen LogP contribution in [0.5, 0.6) is 0 Å². The van der Waals surface area contributed by atoms with Crippen LogP contribution in [0, 0.1) is 0 Å². The largest absolute Gasteiger partial charge is 0.345 e. The average molecular weight is 184 g/mol. The van der Waals surface area contributed by atoms with Gasteiger partial charge in [0, 0.05) is 13.6 Å². The van der Waals surface area contributed by atoms with Gasteiger partial charge in [0.05, 0.1) is 0 Å². The van der Waals surface area contributed by atoms with Crippen molar-refractivity contribution in [1.29, 1.82) is 0 Å². The van der Waals surface area contributed by atoms with Crippen molar-refractivity contribution < 1.29 is 0 Å². The summed E-state index contributed by atoms with van der Waals surface area (Å²) in [4.78, 5) is 11.3. The summed E-state index contributed by atoms with van der Waals surface area (Å²) in [6.07, 6.45) is 2.47. The lowest BCUT2D eigenvalue weighted by molar-refractivity contribution is 0.532. The maximum Gasteiger partial charge on any atom is 0.345 e. The molecule has 13 heavy (non-hydrogen) atoms. The molecule has 0 fully saturated rings. The summed E-state index contributed by atoms with van der Waals surface area (Å²) >= 11 is 0. The Hall–Kier alpha value is -1.10. The first-order valence-electron chi connectivity index (χ1n) is 4.55. The molecule has 0 unspecified atom stereocenters. The second-order valence-corrected chi connectivity index (χ2v) is 2.95. The maximum absolute atomic E-state index is 11.3. The molecule has 1 aromatic heterocycles. The molecule has 0 spiro atoms. The van der Waals surface area contributed by atoms with Gasteiger partial charge in [0.25, 0.3) is 0 Å². The van der Waals surface area contributed by atoms with Gasteiger partial charge in [-0.05, 0) is 19.5 Å². The highest BCUT2D eigenvalue weighted by Crippen LogP contribution is 1.82. The molecule has 0 amide bonds. The van der Waals surface area contributed by atoms with Crippen molar-refractivity contribution in [3.63, 3.8) is 0 Å². The highest BCUT2D eigenvalue weighted by atomic mass is 16.2. The summed E-state index contributed by atoms with van der Waals surface area (Å²) in [6, 6.07) is 0. The summed E-state index contributed by atoms with van der Waals surface area (Å²) in [5.74, 6) is 0. The van der Waals surface area contributed by atoms with E-state index in [9.17, 15) is 4.79 Å². The lowest BCUT2D eigenvalue weighted by Gasteiger charge is -2.00.